The third kappa shape index (κ3) is 2.90. The Morgan fingerprint density at radius 1 is 1.28 bits per heavy atom. The summed E-state index contributed by atoms with van der Waals surface area (Å²) < 4.78 is 29.3. The van der Waals surface area contributed by atoms with Crippen molar-refractivity contribution in [1.82, 2.24) is 0 Å². The Bertz CT molecular complexity index is 535. The first-order valence-corrected chi connectivity index (χ1v) is 7.56. The van der Waals surface area contributed by atoms with E-state index in [-0.39, 0.29) is 11.7 Å². The van der Waals surface area contributed by atoms with Crippen molar-refractivity contribution in [3.05, 3.63) is 30.3 Å². The average Bonchev–Trinajstić information content (AvgIpc) is 2.69. The minimum absolute atomic E-state index is 0.000787. The number of cyclic esters (lactones) is 1. The average molecular weight is 268 g/mol. The summed E-state index contributed by atoms with van der Waals surface area (Å²) in [5, 5.41) is 0. The lowest BCUT2D eigenvalue weighted by Crippen LogP contribution is -2.27. The van der Waals surface area contributed by atoms with E-state index >= 15 is 0 Å². The van der Waals surface area contributed by atoms with E-state index in [2.05, 4.69) is 0 Å². The molecule has 1 fully saturated rings. The molecule has 1 saturated heterocycles. The summed E-state index contributed by atoms with van der Waals surface area (Å²) in [5.74, 6) is -0.240. The van der Waals surface area contributed by atoms with E-state index in [0.717, 1.165) is 0 Å². The zero-order valence-electron chi connectivity index (χ0n) is 10.3. The van der Waals surface area contributed by atoms with E-state index in [1.54, 1.807) is 37.3 Å². The molecule has 0 spiro atoms. The van der Waals surface area contributed by atoms with Gasteiger partial charge in [-0.1, -0.05) is 18.2 Å². The van der Waals surface area contributed by atoms with Crippen molar-refractivity contribution in [3.8, 4) is 0 Å². The van der Waals surface area contributed by atoms with Crippen LogP contribution in [0.2, 0.25) is 0 Å². The number of carbonyl (C=O) groups is 1. The van der Waals surface area contributed by atoms with Crippen LogP contribution in [0.15, 0.2) is 35.2 Å². The van der Waals surface area contributed by atoms with Gasteiger partial charge in [0, 0.05) is 12.8 Å². The Hall–Kier alpha value is -1.36. The van der Waals surface area contributed by atoms with Crippen LogP contribution in [0.4, 0.5) is 0 Å². The van der Waals surface area contributed by atoms with Gasteiger partial charge in [-0.25, -0.2) is 8.42 Å². The summed E-state index contributed by atoms with van der Waals surface area (Å²) >= 11 is 0. The van der Waals surface area contributed by atoms with Gasteiger partial charge in [0.2, 0.25) is 0 Å². The summed E-state index contributed by atoms with van der Waals surface area (Å²) in [7, 11) is -3.29. The van der Waals surface area contributed by atoms with Crippen LogP contribution in [0.1, 0.15) is 26.2 Å². The highest BCUT2D eigenvalue weighted by Gasteiger charge is 2.36. The summed E-state index contributed by atoms with van der Waals surface area (Å²) in [4.78, 5) is 11.4. The van der Waals surface area contributed by atoms with Gasteiger partial charge in [0.25, 0.3) is 0 Å². The Morgan fingerprint density at radius 2 is 1.94 bits per heavy atom. The molecule has 1 aromatic carbocycles. The molecule has 0 amide bonds. The highest BCUT2D eigenvalue weighted by Crippen LogP contribution is 2.30. The fraction of sp³-hybridized carbons (Fsp3) is 0.462. The van der Waals surface area contributed by atoms with Gasteiger partial charge in [-0.2, -0.15) is 0 Å². The van der Waals surface area contributed by atoms with Gasteiger partial charge in [-0.15, -0.1) is 0 Å². The monoisotopic (exact) mass is 268 g/mol. The highest BCUT2D eigenvalue weighted by molar-refractivity contribution is 7.91. The first-order valence-electron chi connectivity index (χ1n) is 5.91. The van der Waals surface area contributed by atoms with Crippen molar-refractivity contribution >= 4 is 15.8 Å². The van der Waals surface area contributed by atoms with Gasteiger partial charge >= 0.3 is 5.97 Å². The maximum absolute atomic E-state index is 12.1. The molecular formula is C13H16O4S. The highest BCUT2D eigenvalue weighted by atomic mass is 32.2. The smallest absolute Gasteiger partial charge is 0.306 e. The van der Waals surface area contributed by atoms with Gasteiger partial charge in [0.15, 0.2) is 9.84 Å². The van der Waals surface area contributed by atoms with E-state index in [0.29, 0.717) is 24.2 Å². The van der Waals surface area contributed by atoms with E-state index < -0.39 is 15.4 Å². The maximum atomic E-state index is 12.1. The molecule has 0 saturated carbocycles. The lowest BCUT2D eigenvalue weighted by Gasteiger charge is -2.22. The van der Waals surface area contributed by atoms with E-state index in [9.17, 15) is 13.2 Å². The molecule has 1 aliphatic heterocycles. The fourth-order valence-electron chi connectivity index (χ4n) is 2.02. The van der Waals surface area contributed by atoms with Crippen LogP contribution in [-0.2, 0) is 19.4 Å². The molecule has 2 rings (SSSR count). The van der Waals surface area contributed by atoms with Crippen LogP contribution >= 0.6 is 0 Å². The molecule has 98 valence electrons. The fourth-order valence-corrected chi connectivity index (χ4v) is 3.52. The Balaban J connectivity index is 2.04. The van der Waals surface area contributed by atoms with E-state index in [1.165, 1.54) is 0 Å². The number of esters is 1. The number of hydrogen-bond donors (Lipinski definition) is 0. The Morgan fingerprint density at radius 3 is 2.50 bits per heavy atom. The molecule has 1 aliphatic rings. The predicted octanol–water partition coefficient (Wildman–Crippen LogP) is 1.95. The number of sulfone groups is 1. The molecule has 0 unspecified atom stereocenters. The second-order valence-electron chi connectivity index (χ2n) is 4.81. The summed E-state index contributed by atoms with van der Waals surface area (Å²) in [5.41, 5.74) is -0.626. The minimum atomic E-state index is -3.29. The summed E-state index contributed by atoms with van der Waals surface area (Å²) in [6, 6.07) is 8.34. The van der Waals surface area contributed by atoms with Crippen LogP contribution < -0.4 is 0 Å². The predicted molar refractivity (Wildman–Crippen MR) is 66.8 cm³/mol. The standard InChI is InChI=1S/C13H16O4S/c1-13(8-7-12(14)17-13)9-10-18(15,16)11-5-3-2-4-6-11/h2-6H,7-10H2,1H3/t13-/m1/s1. The van der Waals surface area contributed by atoms with Crippen molar-refractivity contribution in [2.75, 3.05) is 5.75 Å². The third-order valence-electron chi connectivity index (χ3n) is 3.22. The molecule has 5 heteroatoms. The zero-order valence-corrected chi connectivity index (χ0v) is 11.1. The number of hydrogen-bond acceptors (Lipinski definition) is 4. The number of ether oxygens (including phenoxy) is 1. The van der Waals surface area contributed by atoms with Crippen LogP contribution in [0, 0.1) is 0 Å². The lowest BCUT2D eigenvalue weighted by molar-refractivity contribution is -0.147. The first kappa shape index (κ1) is 13.1. The molecule has 1 heterocycles. The topological polar surface area (TPSA) is 60.4 Å². The largest absolute Gasteiger partial charge is 0.459 e. The van der Waals surface area contributed by atoms with Gasteiger partial charge < -0.3 is 4.74 Å². The molecule has 4 nitrogen and oxygen atoms in total. The van der Waals surface area contributed by atoms with E-state index in [4.69, 9.17) is 4.74 Å². The van der Waals surface area contributed by atoms with E-state index in [1.807, 2.05) is 0 Å². The second kappa shape index (κ2) is 4.72. The molecule has 0 bridgehead atoms. The Labute approximate surface area is 107 Å². The van der Waals surface area contributed by atoms with Crippen molar-refractivity contribution in [3.63, 3.8) is 0 Å². The van der Waals surface area contributed by atoms with Crippen molar-refractivity contribution < 1.29 is 17.9 Å². The molecule has 1 atom stereocenters. The molecule has 0 N–H and O–H groups in total. The Kier molecular flexibility index (Phi) is 3.43. The van der Waals surface area contributed by atoms with Crippen LogP contribution in [0.3, 0.4) is 0 Å². The summed E-state index contributed by atoms with van der Waals surface area (Å²) in [6.45, 7) is 1.79. The van der Waals surface area contributed by atoms with Gasteiger partial charge in [0.05, 0.1) is 10.6 Å². The molecule has 0 aliphatic carbocycles. The third-order valence-corrected chi connectivity index (χ3v) is 4.95. The summed E-state index contributed by atoms with van der Waals surface area (Å²) in [6.07, 6.45) is 1.31. The van der Waals surface area contributed by atoms with Crippen molar-refractivity contribution in [2.24, 2.45) is 0 Å². The minimum Gasteiger partial charge on any atom is -0.459 e. The van der Waals surface area contributed by atoms with Gasteiger partial charge in [-0.3, -0.25) is 4.79 Å². The number of rotatable bonds is 4. The first-order chi connectivity index (χ1) is 8.41. The van der Waals surface area contributed by atoms with Crippen molar-refractivity contribution in [1.29, 1.82) is 0 Å². The molecule has 1 aromatic rings. The quantitative estimate of drug-likeness (QED) is 0.783. The zero-order chi connectivity index (χ0) is 13.2. The SMILES string of the molecule is C[C@]1(CCS(=O)(=O)c2ccccc2)CCC(=O)O1. The normalized spacial score (nSPS) is 23.9. The van der Waals surface area contributed by atoms with Crippen LogP contribution in [-0.4, -0.2) is 25.7 Å². The second-order valence-corrected chi connectivity index (χ2v) is 6.92. The molecular weight excluding hydrogens is 252 g/mol. The maximum Gasteiger partial charge on any atom is 0.306 e. The number of benzene rings is 1. The van der Waals surface area contributed by atoms with Gasteiger partial charge in [0.1, 0.15) is 5.60 Å². The molecule has 0 radical (unpaired) electrons. The lowest BCUT2D eigenvalue weighted by atomic mass is 10.00. The van der Waals surface area contributed by atoms with Crippen LogP contribution in [0.25, 0.3) is 0 Å². The van der Waals surface area contributed by atoms with Gasteiger partial charge in [-0.05, 0) is 25.5 Å². The van der Waals surface area contributed by atoms with Crippen LogP contribution in [0.5, 0.6) is 0 Å². The molecule has 18 heavy (non-hydrogen) atoms. The van der Waals surface area contributed by atoms with Crippen molar-refractivity contribution in [2.45, 2.75) is 36.7 Å². The molecule has 0 aromatic heterocycles. The number of carbonyl (C=O) groups excluding carboxylic acids is 1.